The summed E-state index contributed by atoms with van der Waals surface area (Å²) in [4.78, 5) is 8.20. The highest BCUT2D eigenvalue weighted by Crippen LogP contribution is 2.25. The lowest BCUT2D eigenvalue weighted by Gasteiger charge is -2.22. The van der Waals surface area contributed by atoms with E-state index in [1.165, 1.54) is 6.33 Å². The zero-order valence-corrected chi connectivity index (χ0v) is 13.7. The molecule has 0 bridgehead atoms. The second kappa shape index (κ2) is 8.17. The summed E-state index contributed by atoms with van der Waals surface area (Å²) in [5.41, 5.74) is 0.661. The van der Waals surface area contributed by atoms with E-state index in [2.05, 4.69) is 25.9 Å². The van der Waals surface area contributed by atoms with E-state index in [0.29, 0.717) is 18.3 Å². The van der Waals surface area contributed by atoms with Crippen molar-refractivity contribution in [2.75, 3.05) is 25.0 Å². The number of hydrogen-bond donors (Lipinski definition) is 4. The zero-order valence-electron chi connectivity index (χ0n) is 13.7. The number of phenolic OH excluding ortho intramolecular Hbond substituents is 1. The third kappa shape index (κ3) is 4.83. The molecule has 1 aliphatic heterocycles. The summed E-state index contributed by atoms with van der Waals surface area (Å²) < 4.78 is 27.2. The largest absolute Gasteiger partial charge is 0.505 e. The van der Waals surface area contributed by atoms with Crippen LogP contribution in [0.15, 0.2) is 24.5 Å². The first-order valence-electron chi connectivity index (χ1n) is 8.29. The minimum atomic E-state index is -0.901. The molecule has 0 amide bonds. The molecule has 1 aliphatic rings. The van der Waals surface area contributed by atoms with Gasteiger partial charge in [-0.2, -0.15) is 0 Å². The fraction of sp³-hybridized carbons (Fsp3) is 0.412. The fourth-order valence-corrected chi connectivity index (χ4v) is 2.82. The number of benzene rings is 1. The van der Waals surface area contributed by atoms with Crippen molar-refractivity contribution in [3.05, 3.63) is 41.9 Å². The molecule has 0 spiro atoms. The summed E-state index contributed by atoms with van der Waals surface area (Å²) in [6.07, 6.45) is 3.70. The number of rotatable bonds is 6. The molecule has 2 aromatic rings. The minimum Gasteiger partial charge on any atom is -0.505 e. The van der Waals surface area contributed by atoms with Crippen LogP contribution in [0.2, 0.25) is 0 Å². The van der Waals surface area contributed by atoms with Gasteiger partial charge in [-0.05, 0) is 38.4 Å². The Morgan fingerprint density at radius 3 is 2.72 bits per heavy atom. The summed E-state index contributed by atoms with van der Waals surface area (Å²) in [5, 5.41) is 18.6. The van der Waals surface area contributed by atoms with Crippen LogP contribution in [0.25, 0.3) is 0 Å². The molecule has 1 saturated heterocycles. The van der Waals surface area contributed by atoms with E-state index in [-0.39, 0.29) is 5.69 Å². The average Bonchev–Trinajstić information content (AvgIpc) is 2.61. The quantitative estimate of drug-likeness (QED) is 0.599. The van der Waals surface area contributed by atoms with Crippen molar-refractivity contribution in [3.8, 4) is 5.75 Å². The van der Waals surface area contributed by atoms with E-state index in [1.807, 2.05) is 0 Å². The Labute approximate surface area is 144 Å². The number of nitrogens with zero attached hydrogens (tertiary/aromatic N) is 2. The van der Waals surface area contributed by atoms with Crippen LogP contribution in [0, 0.1) is 17.6 Å². The van der Waals surface area contributed by atoms with Crippen LogP contribution in [-0.4, -0.2) is 34.7 Å². The fourth-order valence-electron chi connectivity index (χ4n) is 2.82. The van der Waals surface area contributed by atoms with Crippen molar-refractivity contribution >= 4 is 11.5 Å². The first-order chi connectivity index (χ1) is 12.1. The third-order valence-corrected chi connectivity index (χ3v) is 4.22. The van der Waals surface area contributed by atoms with Crippen molar-refractivity contribution in [3.63, 3.8) is 0 Å². The standard InChI is InChI=1S/C17H21F2N5O/c18-13-7-16(25)14(19)6-15(13)24-17-5-12(22-10-23-17)9-21-8-11-1-3-20-4-2-11/h5-7,10-11,20-21,25H,1-4,8-9H2,(H,22,23,24). The predicted octanol–water partition coefficient (Wildman–Crippen LogP) is 2.29. The molecule has 8 heteroatoms. The third-order valence-electron chi connectivity index (χ3n) is 4.22. The van der Waals surface area contributed by atoms with E-state index in [0.717, 1.165) is 50.3 Å². The van der Waals surface area contributed by atoms with Gasteiger partial charge in [-0.25, -0.2) is 18.7 Å². The average molecular weight is 349 g/mol. The highest BCUT2D eigenvalue weighted by molar-refractivity contribution is 5.58. The van der Waals surface area contributed by atoms with Crippen molar-refractivity contribution in [1.29, 1.82) is 0 Å². The molecule has 25 heavy (non-hydrogen) atoms. The van der Waals surface area contributed by atoms with Crippen molar-refractivity contribution in [1.82, 2.24) is 20.6 Å². The molecule has 1 fully saturated rings. The number of piperidine rings is 1. The molecule has 134 valence electrons. The van der Waals surface area contributed by atoms with Crippen LogP contribution < -0.4 is 16.0 Å². The number of anilines is 2. The van der Waals surface area contributed by atoms with Crippen LogP contribution >= 0.6 is 0 Å². The lowest BCUT2D eigenvalue weighted by molar-refractivity contribution is 0.356. The minimum absolute atomic E-state index is 0.0948. The predicted molar refractivity (Wildman–Crippen MR) is 90.6 cm³/mol. The van der Waals surface area contributed by atoms with Gasteiger partial charge >= 0.3 is 0 Å². The van der Waals surface area contributed by atoms with Gasteiger partial charge in [0.15, 0.2) is 17.4 Å². The molecule has 0 atom stereocenters. The summed E-state index contributed by atoms with van der Waals surface area (Å²) in [5.74, 6) is -1.37. The molecule has 3 rings (SSSR count). The molecule has 0 unspecified atom stereocenters. The molecule has 6 nitrogen and oxygen atoms in total. The first kappa shape index (κ1) is 17.5. The van der Waals surface area contributed by atoms with E-state index >= 15 is 0 Å². The molecular weight excluding hydrogens is 328 g/mol. The van der Waals surface area contributed by atoms with Crippen LogP contribution in [0.3, 0.4) is 0 Å². The SMILES string of the molecule is Oc1cc(F)c(Nc2cc(CNCC3CCNCC3)ncn2)cc1F. The number of hydrogen-bond acceptors (Lipinski definition) is 6. The Morgan fingerprint density at radius 2 is 1.92 bits per heavy atom. The monoisotopic (exact) mass is 349 g/mol. The van der Waals surface area contributed by atoms with E-state index in [9.17, 15) is 8.78 Å². The lowest BCUT2D eigenvalue weighted by Crippen LogP contribution is -2.33. The Hall–Kier alpha value is -2.32. The number of aromatic hydroxyl groups is 1. The Kier molecular flexibility index (Phi) is 5.72. The molecule has 2 heterocycles. The maximum absolute atomic E-state index is 13.8. The Bertz CT molecular complexity index is 722. The second-order valence-electron chi connectivity index (χ2n) is 6.13. The molecule has 1 aromatic heterocycles. The Morgan fingerprint density at radius 1 is 1.12 bits per heavy atom. The normalized spacial score (nSPS) is 15.3. The number of aromatic nitrogens is 2. The van der Waals surface area contributed by atoms with Crippen molar-refractivity contribution in [2.45, 2.75) is 19.4 Å². The maximum Gasteiger partial charge on any atom is 0.167 e. The number of phenols is 1. The van der Waals surface area contributed by atoms with Crippen LogP contribution in [0.5, 0.6) is 5.75 Å². The zero-order chi connectivity index (χ0) is 17.6. The van der Waals surface area contributed by atoms with Gasteiger partial charge in [0.25, 0.3) is 0 Å². The van der Waals surface area contributed by atoms with E-state index < -0.39 is 17.4 Å². The van der Waals surface area contributed by atoms with Crippen LogP contribution in [0.1, 0.15) is 18.5 Å². The maximum atomic E-state index is 13.8. The van der Waals surface area contributed by atoms with E-state index in [1.54, 1.807) is 6.07 Å². The van der Waals surface area contributed by atoms with Gasteiger partial charge < -0.3 is 21.1 Å². The van der Waals surface area contributed by atoms with Gasteiger partial charge in [0.05, 0.1) is 11.4 Å². The van der Waals surface area contributed by atoms with Crippen molar-refractivity contribution < 1.29 is 13.9 Å². The van der Waals surface area contributed by atoms with Gasteiger partial charge in [0.2, 0.25) is 0 Å². The van der Waals surface area contributed by atoms with Crippen LogP contribution in [0.4, 0.5) is 20.3 Å². The van der Waals surface area contributed by atoms with Gasteiger partial charge in [-0.15, -0.1) is 0 Å². The molecule has 0 aliphatic carbocycles. The molecule has 4 N–H and O–H groups in total. The van der Waals surface area contributed by atoms with Crippen molar-refractivity contribution in [2.24, 2.45) is 5.92 Å². The topological polar surface area (TPSA) is 82.1 Å². The Balaban J connectivity index is 1.58. The molecule has 0 saturated carbocycles. The molecule has 1 aromatic carbocycles. The van der Waals surface area contributed by atoms with Crippen LogP contribution in [-0.2, 0) is 6.54 Å². The second-order valence-corrected chi connectivity index (χ2v) is 6.13. The van der Waals surface area contributed by atoms with E-state index in [4.69, 9.17) is 5.11 Å². The summed E-state index contributed by atoms with van der Waals surface area (Å²) in [7, 11) is 0. The highest BCUT2D eigenvalue weighted by atomic mass is 19.1. The van der Waals surface area contributed by atoms with Gasteiger partial charge in [-0.1, -0.05) is 0 Å². The first-order valence-corrected chi connectivity index (χ1v) is 8.29. The summed E-state index contributed by atoms with van der Waals surface area (Å²) in [6.45, 7) is 3.62. The lowest BCUT2D eigenvalue weighted by atomic mass is 9.98. The van der Waals surface area contributed by atoms with Gasteiger partial charge in [0, 0.05) is 24.7 Å². The number of nitrogens with one attached hydrogen (secondary N) is 3. The number of halogens is 2. The molecule has 0 radical (unpaired) electrons. The summed E-state index contributed by atoms with van der Waals surface area (Å²) >= 11 is 0. The molecular formula is C17H21F2N5O. The highest BCUT2D eigenvalue weighted by Gasteiger charge is 2.13. The van der Waals surface area contributed by atoms with Gasteiger partial charge in [-0.3, -0.25) is 0 Å². The van der Waals surface area contributed by atoms with Gasteiger partial charge in [0.1, 0.15) is 12.1 Å². The smallest absolute Gasteiger partial charge is 0.167 e. The summed E-state index contributed by atoms with van der Waals surface area (Å²) in [6, 6.07) is 3.29.